The van der Waals surface area contributed by atoms with Gasteiger partial charge in [0.2, 0.25) is 0 Å². The molecule has 0 amide bonds. The molecule has 2 aromatic rings. The highest BCUT2D eigenvalue weighted by molar-refractivity contribution is 6.31. The van der Waals surface area contributed by atoms with Crippen LogP contribution in [0.2, 0.25) is 5.02 Å². The van der Waals surface area contributed by atoms with Gasteiger partial charge in [0.1, 0.15) is 0 Å². The highest BCUT2D eigenvalue weighted by Gasteiger charge is 2.16. The quantitative estimate of drug-likeness (QED) is 0.877. The Bertz CT molecular complexity index is 522. The Kier molecular flexibility index (Phi) is 5.00. The van der Waals surface area contributed by atoms with Crippen molar-refractivity contribution in [1.82, 2.24) is 15.1 Å². The van der Waals surface area contributed by atoms with Gasteiger partial charge in [0.25, 0.3) is 0 Å². The minimum atomic E-state index is 0.243. The molecule has 0 saturated heterocycles. The molecule has 4 heteroatoms. The molecule has 0 aliphatic heterocycles. The Morgan fingerprint density at radius 3 is 2.74 bits per heavy atom. The van der Waals surface area contributed by atoms with Crippen molar-refractivity contribution in [2.75, 3.05) is 6.54 Å². The van der Waals surface area contributed by atoms with E-state index in [0.29, 0.717) is 0 Å². The Labute approximate surface area is 119 Å². The van der Waals surface area contributed by atoms with Gasteiger partial charge in [0.05, 0.1) is 11.7 Å². The van der Waals surface area contributed by atoms with Crippen LogP contribution < -0.4 is 5.32 Å². The molecule has 0 spiro atoms. The van der Waals surface area contributed by atoms with Crippen LogP contribution in [0, 0.1) is 0 Å². The molecule has 0 fully saturated rings. The molecule has 1 heterocycles. The van der Waals surface area contributed by atoms with Crippen LogP contribution in [0.4, 0.5) is 0 Å². The molecule has 102 valence electrons. The fourth-order valence-electron chi connectivity index (χ4n) is 2.21. The van der Waals surface area contributed by atoms with Gasteiger partial charge < -0.3 is 5.32 Å². The first-order valence-electron chi connectivity index (χ1n) is 6.67. The van der Waals surface area contributed by atoms with Crippen molar-refractivity contribution in [3.05, 3.63) is 52.8 Å². The number of aryl methyl sites for hydroxylation is 1. The summed E-state index contributed by atoms with van der Waals surface area (Å²) in [5, 5.41) is 8.65. The second kappa shape index (κ2) is 6.73. The van der Waals surface area contributed by atoms with Crippen LogP contribution in [0.3, 0.4) is 0 Å². The smallest absolute Gasteiger partial charge is 0.0553 e. The predicted octanol–water partition coefficient (Wildman–Crippen LogP) is 3.36. The predicted molar refractivity (Wildman–Crippen MR) is 79.4 cm³/mol. The molecule has 0 saturated carbocycles. The van der Waals surface area contributed by atoms with Gasteiger partial charge >= 0.3 is 0 Å². The summed E-state index contributed by atoms with van der Waals surface area (Å²) in [4.78, 5) is 0. The maximum atomic E-state index is 6.25. The van der Waals surface area contributed by atoms with Crippen molar-refractivity contribution in [2.45, 2.75) is 25.8 Å². The van der Waals surface area contributed by atoms with Crippen LogP contribution in [0.15, 0.2) is 36.5 Å². The standard InChI is InChI=1S/C15H20ClN3/c1-3-9-17-14(15-8-10-18-19(15)2)11-12-6-4-5-7-13(12)16/h4-8,10,14,17H,3,9,11H2,1-2H3. The lowest BCUT2D eigenvalue weighted by molar-refractivity contribution is 0.493. The third-order valence-electron chi connectivity index (χ3n) is 3.24. The molecule has 1 aromatic carbocycles. The van der Waals surface area contributed by atoms with Gasteiger partial charge in [0.15, 0.2) is 0 Å². The molecule has 2 rings (SSSR count). The fraction of sp³-hybridized carbons (Fsp3) is 0.400. The summed E-state index contributed by atoms with van der Waals surface area (Å²) in [5.41, 5.74) is 2.35. The number of aromatic nitrogens is 2. The lowest BCUT2D eigenvalue weighted by Crippen LogP contribution is -2.26. The second-order valence-corrected chi connectivity index (χ2v) is 5.09. The SMILES string of the molecule is CCCNC(Cc1ccccc1Cl)c1ccnn1C. The van der Waals surface area contributed by atoms with E-state index in [0.717, 1.165) is 24.4 Å². The number of benzene rings is 1. The van der Waals surface area contributed by atoms with Crippen molar-refractivity contribution >= 4 is 11.6 Å². The van der Waals surface area contributed by atoms with Crippen LogP contribution in [0.5, 0.6) is 0 Å². The second-order valence-electron chi connectivity index (χ2n) is 4.68. The molecule has 1 atom stereocenters. The Morgan fingerprint density at radius 1 is 1.32 bits per heavy atom. The third kappa shape index (κ3) is 3.58. The van der Waals surface area contributed by atoms with Crippen LogP contribution >= 0.6 is 11.6 Å². The zero-order valence-corrected chi connectivity index (χ0v) is 12.2. The number of hydrogen-bond donors (Lipinski definition) is 1. The molecule has 3 nitrogen and oxygen atoms in total. The minimum absolute atomic E-state index is 0.243. The average molecular weight is 278 g/mol. The van der Waals surface area contributed by atoms with E-state index in [4.69, 9.17) is 11.6 Å². The number of nitrogens with one attached hydrogen (secondary N) is 1. The number of rotatable bonds is 6. The molecule has 0 bridgehead atoms. The number of nitrogens with zero attached hydrogens (tertiary/aromatic N) is 2. The lowest BCUT2D eigenvalue weighted by atomic mass is 10.0. The van der Waals surface area contributed by atoms with Crippen LogP contribution in [-0.4, -0.2) is 16.3 Å². The van der Waals surface area contributed by atoms with Gasteiger partial charge in [-0.3, -0.25) is 4.68 Å². The van der Waals surface area contributed by atoms with Crippen molar-refractivity contribution < 1.29 is 0 Å². The van der Waals surface area contributed by atoms with Gasteiger partial charge in [-0.2, -0.15) is 5.10 Å². The van der Waals surface area contributed by atoms with Crippen LogP contribution in [0.25, 0.3) is 0 Å². The first-order chi connectivity index (χ1) is 9.22. The summed E-state index contributed by atoms with van der Waals surface area (Å²) in [5.74, 6) is 0. The van der Waals surface area contributed by atoms with Crippen LogP contribution in [0.1, 0.15) is 30.6 Å². The topological polar surface area (TPSA) is 29.9 Å². The minimum Gasteiger partial charge on any atom is -0.308 e. The normalized spacial score (nSPS) is 12.6. The monoisotopic (exact) mass is 277 g/mol. The largest absolute Gasteiger partial charge is 0.308 e. The lowest BCUT2D eigenvalue weighted by Gasteiger charge is -2.19. The Hall–Kier alpha value is -1.32. The van der Waals surface area contributed by atoms with Crippen molar-refractivity contribution in [2.24, 2.45) is 7.05 Å². The van der Waals surface area contributed by atoms with Gasteiger partial charge in [-0.1, -0.05) is 36.7 Å². The van der Waals surface area contributed by atoms with E-state index in [2.05, 4.69) is 29.5 Å². The summed E-state index contributed by atoms with van der Waals surface area (Å²) in [7, 11) is 1.97. The molecule has 19 heavy (non-hydrogen) atoms. The molecule has 0 radical (unpaired) electrons. The van der Waals surface area contributed by atoms with Gasteiger partial charge in [-0.25, -0.2) is 0 Å². The summed E-state index contributed by atoms with van der Waals surface area (Å²) < 4.78 is 1.92. The van der Waals surface area contributed by atoms with E-state index in [-0.39, 0.29) is 6.04 Å². The molecule has 1 N–H and O–H groups in total. The highest BCUT2D eigenvalue weighted by Crippen LogP contribution is 2.23. The maximum Gasteiger partial charge on any atom is 0.0553 e. The van der Waals surface area contributed by atoms with Gasteiger partial charge in [0, 0.05) is 18.3 Å². The summed E-state index contributed by atoms with van der Waals surface area (Å²) in [6.45, 7) is 3.16. The molecule has 0 aliphatic rings. The summed E-state index contributed by atoms with van der Waals surface area (Å²) in [6, 6.07) is 10.3. The van der Waals surface area contributed by atoms with E-state index < -0.39 is 0 Å². The third-order valence-corrected chi connectivity index (χ3v) is 3.61. The first-order valence-corrected chi connectivity index (χ1v) is 7.05. The molecule has 1 unspecified atom stereocenters. The Balaban J connectivity index is 2.19. The molecule has 0 aliphatic carbocycles. The van der Waals surface area contributed by atoms with Crippen LogP contribution in [-0.2, 0) is 13.5 Å². The first kappa shape index (κ1) is 14.1. The van der Waals surface area contributed by atoms with Crippen molar-refractivity contribution in [1.29, 1.82) is 0 Å². The van der Waals surface area contributed by atoms with E-state index in [1.807, 2.05) is 36.1 Å². The van der Waals surface area contributed by atoms with Gasteiger partial charge in [-0.15, -0.1) is 0 Å². The van der Waals surface area contributed by atoms with E-state index >= 15 is 0 Å². The summed E-state index contributed by atoms with van der Waals surface area (Å²) in [6.07, 6.45) is 3.82. The van der Waals surface area contributed by atoms with Crippen molar-refractivity contribution in [3.63, 3.8) is 0 Å². The maximum absolute atomic E-state index is 6.25. The van der Waals surface area contributed by atoms with E-state index in [9.17, 15) is 0 Å². The van der Waals surface area contributed by atoms with Gasteiger partial charge in [-0.05, 0) is 37.1 Å². The highest BCUT2D eigenvalue weighted by atomic mass is 35.5. The van der Waals surface area contributed by atoms with E-state index in [1.54, 1.807) is 0 Å². The summed E-state index contributed by atoms with van der Waals surface area (Å²) >= 11 is 6.25. The number of hydrogen-bond acceptors (Lipinski definition) is 2. The average Bonchev–Trinajstić information content (AvgIpc) is 2.83. The number of halogens is 1. The fourth-order valence-corrected chi connectivity index (χ4v) is 2.42. The van der Waals surface area contributed by atoms with E-state index in [1.165, 1.54) is 11.3 Å². The zero-order valence-electron chi connectivity index (χ0n) is 11.4. The molecular formula is C15H20ClN3. The molecular weight excluding hydrogens is 258 g/mol. The molecule has 1 aromatic heterocycles. The Morgan fingerprint density at radius 2 is 2.11 bits per heavy atom. The zero-order chi connectivity index (χ0) is 13.7. The van der Waals surface area contributed by atoms with Crippen molar-refractivity contribution in [3.8, 4) is 0 Å².